The van der Waals surface area contributed by atoms with E-state index < -0.39 is 5.97 Å². The van der Waals surface area contributed by atoms with Crippen molar-refractivity contribution in [1.82, 2.24) is 10.6 Å². The maximum atomic E-state index is 11.9. The second-order valence-electron chi connectivity index (χ2n) is 5.69. The highest BCUT2D eigenvalue weighted by Crippen LogP contribution is 2.29. The highest BCUT2D eigenvalue weighted by atomic mass is 16.5. The highest BCUT2D eigenvalue weighted by Gasteiger charge is 2.31. The monoisotopic (exact) mass is 284 g/mol. The highest BCUT2D eigenvalue weighted by molar-refractivity contribution is 5.76. The van der Waals surface area contributed by atoms with Gasteiger partial charge in [-0.2, -0.15) is 0 Å². The Bertz CT molecular complexity index is 342. The second kappa shape index (κ2) is 7.59. The van der Waals surface area contributed by atoms with E-state index in [1.807, 2.05) is 0 Å². The Balaban J connectivity index is 1.72. The second-order valence-corrected chi connectivity index (χ2v) is 5.69. The van der Waals surface area contributed by atoms with Crippen LogP contribution in [0.15, 0.2) is 0 Å². The maximum absolute atomic E-state index is 11.9. The molecule has 6 heteroatoms. The molecule has 0 spiro atoms. The summed E-state index contributed by atoms with van der Waals surface area (Å²) in [5, 5.41) is 15.3. The lowest BCUT2D eigenvalue weighted by atomic mass is 9.79. The number of hydrogen-bond acceptors (Lipinski definition) is 4. The van der Waals surface area contributed by atoms with Crippen molar-refractivity contribution >= 4 is 11.9 Å². The normalized spacial score (nSPS) is 30.7. The summed E-state index contributed by atoms with van der Waals surface area (Å²) < 4.78 is 5.48. The Kier molecular flexibility index (Phi) is 5.79. The summed E-state index contributed by atoms with van der Waals surface area (Å²) in [6, 6.07) is 0. The summed E-state index contributed by atoms with van der Waals surface area (Å²) in [5.74, 6) is -1.02. The van der Waals surface area contributed by atoms with Crippen LogP contribution in [-0.4, -0.2) is 49.3 Å². The molecular formula is C14H24N2O4. The first kappa shape index (κ1) is 15.3. The largest absolute Gasteiger partial charge is 0.481 e. The van der Waals surface area contributed by atoms with Gasteiger partial charge >= 0.3 is 5.97 Å². The summed E-state index contributed by atoms with van der Waals surface area (Å²) in [5.41, 5.74) is 0. The molecule has 0 radical (unpaired) electrons. The molecule has 114 valence electrons. The van der Waals surface area contributed by atoms with Gasteiger partial charge in [0.05, 0.1) is 25.0 Å². The van der Waals surface area contributed by atoms with Crippen LogP contribution in [0.1, 0.15) is 32.1 Å². The van der Waals surface area contributed by atoms with Crippen molar-refractivity contribution in [2.45, 2.75) is 38.2 Å². The first-order chi connectivity index (χ1) is 9.66. The lowest BCUT2D eigenvalue weighted by Crippen LogP contribution is -2.43. The Labute approximate surface area is 119 Å². The van der Waals surface area contributed by atoms with E-state index in [2.05, 4.69) is 10.6 Å². The third kappa shape index (κ3) is 4.45. The van der Waals surface area contributed by atoms with Crippen molar-refractivity contribution in [2.75, 3.05) is 26.2 Å². The van der Waals surface area contributed by atoms with Crippen LogP contribution in [0.25, 0.3) is 0 Å². The van der Waals surface area contributed by atoms with Crippen LogP contribution in [0.5, 0.6) is 0 Å². The van der Waals surface area contributed by atoms with Crippen molar-refractivity contribution in [1.29, 1.82) is 0 Å². The molecule has 3 N–H and O–H groups in total. The molecule has 2 fully saturated rings. The van der Waals surface area contributed by atoms with Crippen LogP contribution < -0.4 is 10.6 Å². The smallest absolute Gasteiger partial charge is 0.306 e. The third-order valence-electron chi connectivity index (χ3n) is 4.21. The summed E-state index contributed by atoms with van der Waals surface area (Å²) in [4.78, 5) is 23.0. The molecule has 1 saturated heterocycles. The molecular weight excluding hydrogens is 260 g/mol. The van der Waals surface area contributed by atoms with Crippen molar-refractivity contribution in [2.24, 2.45) is 11.8 Å². The minimum absolute atomic E-state index is 0.0478. The Morgan fingerprint density at radius 2 is 2.10 bits per heavy atom. The van der Waals surface area contributed by atoms with E-state index in [0.717, 1.165) is 32.2 Å². The van der Waals surface area contributed by atoms with Crippen LogP contribution in [-0.2, 0) is 14.3 Å². The van der Waals surface area contributed by atoms with Crippen molar-refractivity contribution in [3.8, 4) is 0 Å². The fraction of sp³-hybridized carbons (Fsp3) is 0.857. The van der Waals surface area contributed by atoms with Gasteiger partial charge in [-0.1, -0.05) is 12.8 Å². The molecule has 3 unspecified atom stereocenters. The lowest BCUT2D eigenvalue weighted by Gasteiger charge is -2.29. The number of ether oxygens (including phenoxy) is 1. The maximum Gasteiger partial charge on any atom is 0.306 e. The standard InChI is InChI=1S/C14H24N2O4/c17-13(7-11-9-15-5-6-20-11)16-8-10-3-1-2-4-12(10)14(18)19/h10-12,15H,1-9H2,(H,16,17)(H,18,19). The van der Waals surface area contributed by atoms with Gasteiger partial charge in [0, 0.05) is 19.6 Å². The van der Waals surface area contributed by atoms with Crippen molar-refractivity contribution in [3.05, 3.63) is 0 Å². The zero-order valence-corrected chi connectivity index (χ0v) is 11.8. The summed E-state index contributed by atoms with van der Waals surface area (Å²) >= 11 is 0. The van der Waals surface area contributed by atoms with E-state index in [4.69, 9.17) is 4.74 Å². The zero-order valence-electron chi connectivity index (χ0n) is 11.8. The first-order valence-corrected chi connectivity index (χ1v) is 7.48. The Morgan fingerprint density at radius 3 is 2.80 bits per heavy atom. The van der Waals surface area contributed by atoms with Crippen LogP contribution >= 0.6 is 0 Å². The van der Waals surface area contributed by atoms with Crippen LogP contribution in [0.4, 0.5) is 0 Å². The minimum atomic E-state index is -0.733. The molecule has 0 aromatic carbocycles. The van der Waals surface area contributed by atoms with Gasteiger partial charge in [-0.05, 0) is 18.8 Å². The van der Waals surface area contributed by atoms with E-state index in [-0.39, 0.29) is 23.8 Å². The van der Waals surface area contributed by atoms with Crippen LogP contribution in [0.2, 0.25) is 0 Å². The van der Waals surface area contributed by atoms with Crippen LogP contribution in [0, 0.1) is 11.8 Å². The number of carboxylic acid groups (broad SMARTS) is 1. The summed E-state index contributed by atoms with van der Waals surface area (Å²) in [7, 11) is 0. The first-order valence-electron chi connectivity index (χ1n) is 7.48. The molecule has 0 aromatic rings. The molecule has 2 rings (SSSR count). The summed E-state index contributed by atoms with van der Waals surface area (Å²) in [6.45, 7) is 2.65. The average Bonchev–Trinajstić information content (AvgIpc) is 2.46. The average molecular weight is 284 g/mol. The molecule has 1 aliphatic heterocycles. The fourth-order valence-electron chi connectivity index (χ4n) is 3.05. The number of hydrogen-bond donors (Lipinski definition) is 3. The Hall–Kier alpha value is -1.14. The molecule has 1 saturated carbocycles. The lowest BCUT2D eigenvalue weighted by molar-refractivity contribution is -0.145. The minimum Gasteiger partial charge on any atom is -0.481 e. The summed E-state index contributed by atoms with van der Waals surface area (Å²) in [6.07, 6.45) is 3.93. The van der Waals surface area contributed by atoms with Gasteiger partial charge in [0.25, 0.3) is 0 Å². The molecule has 1 aliphatic carbocycles. The van der Waals surface area contributed by atoms with Crippen LogP contribution in [0.3, 0.4) is 0 Å². The number of morpholine rings is 1. The van der Waals surface area contributed by atoms with E-state index >= 15 is 0 Å². The number of amides is 1. The predicted octanol–water partition coefficient (Wildman–Crippen LogP) is 0.372. The number of aliphatic carboxylic acids is 1. The van der Waals surface area contributed by atoms with Gasteiger partial charge in [0.1, 0.15) is 0 Å². The zero-order chi connectivity index (χ0) is 14.4. The number of carboxylic acids is 1. The molecule has 20 heavy (non-hydrogen) atoms. The van der Waals surface area contributed by atoms with E-state index in [1.54, 1.807) is 0 Å². The number of nitrogens with one attached hydrogen (secondary N) is 2. The third-order valence-corrected chi connectivity index (χ3v) is 4.21. The molecule has 6 nitrogen and oxygen atoms in total. The SMILES string of the molecule is O=C(CC1CNCCO1)NCC1CCCCC1C(=O)O. The Morgan fingerprint density at radius 1 is 1.30 bits per heavy atom. The van der Waals surface area contributed by atoms with E-state index in [1.165, 1.54) is 0 Å². The molecule has 1 heterocycles. The molecule has 3 atom stereocenters. The molecule has 1 amide bonds. The van der Waals surface area contributed by atoms with E-state index in [0.29, 0.717) is 26.1 Å². The predicted molar refractivity (Wildman–Crippen MR) is 73.3 cm³/mol. The van der Waals surface area contributed by atoms with Gasteiger partial charge in [-0.3, -0.25) is 9.59 Å². The number of carbonyl (C=O) groups excluding carboxylic acids is 1. The number of carbonyl (C=O) groups is 2. The van der Waals surface area contributed by atoms with E-state index in [9.17, 15) is 14.7 Å². The van der Waals surface area contributed by atoms with Crippen molar-refractivity contribution in [3.63, 3.8) is 0 Å². The van der Waals surface area contributed by atoms with Gasteiger partial charge in [-0.25, -0.2) is 0 Å². The quantitative estimate of drug-likeness (QED) is 0.679. The van der Waals surface area contributed by atoms with Gasteiger partial charge in [-0.15, -0.1) is 0 Å². The van der Waals surface area contributed by atoms with Crippen molar-refractivity contribution < 1.29 is 19.4 Å². The topological polar surface area (TPSA) is 87.7 Å². The van der Waals surface area contributed by atoms with Gasteiger partial charge < -0.3 is 20.5 Å². The fourth-order valence-corrected chi connectivity index (χ4v) is 3.05. The number of rotatable bonds is 5. The molecule has 0 aromatic heterocycles. The molecule has 2 aliphatic rings. The molecule has 0 bridgehead atoms. The van der Waals surface area contributed by atoms with Gasteiger partial charge in [0.2, 0.25) is 5.91 Å². The van der Waals surface area contributed by atoms with Gasteiger partial charge in [0.15, 0.2) is 0 Å².